The van der Waals surface area contributed by atoms with Crippen molar-refractivity contribution < 1.29 is 14.3 Å². The molecule has 0 aromatic carbocycles. The molecule has 0 atom stereocenters. The van der Waals surface area contributed by atoms with Crippen LogP contribution in [0.15, 0.2) is 16.7 Å². The zero-order chi connectivity index (χ0) is 13.3. The Morgan fingerprint density at radius 1 is 1.56 bits per heavy atom. The molecule has 2 rings (SSSR count). The number of carboxylic acid groups (broad SMARTS) is 1. The van der Waals surface area contributed by atoms with Crippen molar-refractivity contribution in [3.8, 4) is 0 Å². The van der Waals surface area contributed by atoms with Crippen LogP contribution in [0.4, 0.5) is 5.69 Å². The topological polar surface area (TPSA) is 80.3 Å². The van der Waals surface area contributed by atoms with Gasteiger partial charge in [0.05, 0.1) is 17.9 Å². The third-order valence-electron chi connectivity index (χ3n) is 2.63. The highest BCUT2D eigenvalue weighted by Gasteiger charge is 2.14. The number of rotatable bonds is 4. The van der Waals surface area contributed by atoms with Crippen molar-refractivity contribution in [1.82, 2.24) is 9.78 Å². The van der Waals surface area contributed by atoms with Gasteiger partial charge in [-0.2, -0.15) is 5.10 Å². The van der Waals surface area contributed by atoms with E-state index in [1.807, 2.05) is 20.2 Å². The predicted molar refractivity (Wildman–Crippen MR) is 65.7 cm³/mol. The minimum Gasteiger partial charge on any atom is -0.475 e. The van der Waals surface area contributed by atoms with E-state index >= 15 is 0 Å². The first-order valence-corrected chi connectivity index (χ1v) is 5.54. The van der Waals surface area contributed by atoms with Crippen LogP contribution in [0.2, 0.25) is 0 Å². The summed E-state index contributed by atoms with van der Waals surface area (Å²) in [5.74, 6) is -0.459. The third-order valence-corrected chi connectivity index (χ3v) is 2.63. The lowest BCUT2D eigenvalue weighted by atomic mass is 10.2. The van der Waals surface area contributed by atoms with Gasteiger partial charge < -0.3 is 14.8 Å². The van der Waals surface area contributed by atoms with Crippen molar-refractivity contribution in [3.63, 3.8) is 0 Å². The van der Waals surface area contributed by atoms with Crippen molar-refractivity contribution in [1.29, 1.82) is 0 Å². The molecule has 0 aliphatic carbocycles. The molecule has 0 radical (unpaired) electrons. The molecule has 0 aliphatic heterocycles. The van der Waals surface area contributed by atoms with Gasteiger partial charge >= 0.3 is 5.97 Å². The van der Waals surface area contributed by atoms with E-state index in [2.05, 4.69) is 10.4 Å². The first kappa shape index (κ1) is 12.2. The number of nitrogens with zero attached hydrogens (tertiary/aromatic N) is 2. The van der Waals surface area contributed by atoms with Crippen LogP contribution in [0.1, 0.15) is 27.6 Å². The van der Waals surface area contributed by atoms with Crippen LogP contribution in [-0.2, 0) is 13.6 Å². The second-order valence-electron chi connectivity index (χ2n) is 4.19. The second-order valence-corrected chi connectivity index (χ2v) is 4.19. The van der Waals surface area contributed by atoms with E-state index in [0.717, 1.165) is 11.4 Å². The number of aromatic carboxylic acids is 1. The van der Waals surface area contributed by atoms with E-state index in [1.54, 1.807) is 17.7 Å². The van der Waals surface area contributed by atoms with Gasteiger partial charge in [-0.1, -0.05) is 0 Å². The highest BCUT2D eigenvalue weighted by atomic mass is 16.4. The van der Waals surface area contributed by atoms with Crippen LogP contribution in [0.3, 0.4) is 0 Å². The normalized spacial score (nSPS) is 10.6. The summed E-state index contributed by atoms with van der Waals surface area (Å²) in [6.45, 7) is 4.05. The van der Waals surface area contributed by atoms with E-state index < -0.39 is 5.97 Å². The van der Waals surface area contributed by atoms with Crippen LogP contribution < -0.4 is 5.32 Å². The fourth-order valence-corrected chi connectivity index (χ4v) is 1.80. The number of anilines is 1. The van der Waals surface area contributed by atoms with Gasteiger partial charge in [0.2, 0.25) is 5.76 Å². The van der Waals surface area contributed by atoms with Crippen LogP contribution in [0.5, 0.6) is 0 Å². The van der Waals surface area contributed by atoms with Crippen LogP contribution in [0, 0.1) is 13.8 Å². The first-order chi connectivity index (χ1) is 8.47. The Kier molecular flexibility index (Phi) is 3.10. The molecule has 2 aromatic heterocycles. The van der Waals surface area contributed by atoms with E-state index in [0.29, 0.717) is 17.9 Å². The fraction of sp³-hybridized carbons (Fsp3) is 0.333. The van der Waals surface area contributed by atoms with Gasteiger partial charge in [-0.15, -0.1) is 0 Å². The summed E-state index contributed by atoms with van der Waals surface area (Å²) >= 11 is 0. The lowest BCUT2D eigenvalue weighted by Gasteiger charge is -2.01. The molecule has 0 spiro atoms. The zero-order valence-electron chi connectivity index (χ0n) is 10.5. The van der Waals surface area contributed by atoms with E-state index in [-0.39, 0.29) is 5.76 Å². The zero-order valence-corrected chi connectivity index (χ0v) is 10.5. The van der Waals surface area contributed by atoms with Gasteiger partial charge in [0.15, 0.2) is 0 Å². The molecule has 0 unspecified atom stereocenters. The third kappa shape index (κ3) is 2.37. The molecule has 2 N–H and O–H groups in total. The Morgan fingerprint density at radius 3 is 2.78 bits per heavy atom. The van der Waals surface area contributed by atoms with Crippen LogP contribution in [0.25, 0.3) is 0 Å². The molecule has 6 heteroatoms. The number of carboxylic acids is 1. The molecular formula is C12H15N3O3. The predicted octanol–water partition coefficient (Wildman–Crippen LogP) is 1.94. The highest BCUT2D eigenvalue weighted by molar-refractivity contribution is 5.86. The van der Waals surface area contributed by atoms with E-state index in [4.69, 9.17) is 9.52 Å². The lowest BCUT2D eigenvalue weighted by molar-refractivity contribution is 0.0659. The molecule has 0 bridgehead atoms. The summed E-state index contributed by atoms with van der Waals surface area (Å²) in [5.41, 5.74) is 2.42. The molecule has 0 saturated heterocycles. The number of carbonyl (C=O) groups is 1. The number of hydrogen-bond acceptors (Lipinski definition) is 4. The Morgan fingerprint density at radius 2 is 2.28 bits per heavy atom. The van der Waals surface area contributed by atoms with Crippen molar-refractivity contribution in [2.45, 2.75) is 20.4 Å². The maximum atomic E-state index is 10.8. The molecule has 0 amide bonds. The Balaban J connectivity index is 2.09. The maximum absolute atomic E-state index is 10.8. The SMILES string of the molecule is Cc1cc(CNc2cn(C)nc2C)oc1C(=O)O. The average Bonchev–Trinajstić information content (AvgIpc) is 2.79. The number of nitrogens with one attached hydrogen (secondary N) is 1. The average molecular weight is 249 g/mol. The fourth-order valence-electron chi connectivity index (χ4n) is 1.80. The van der Waals surface area contributed by atoms with Crippen molar-refractivity contribution in [3.05, 3.63) is 35.0 Å². The lowest BCUT2D eigenvalue weighted by Crippen LogP contribution is -1.99. The number of aryl methyl sites for hydroxylation is 3. The molecule has 2 heterocycles. The summed E-state index contributed by atoms with van der Waals surface area (Å²) < 4.78 is 6.97. The van der Waals surface area contributed by atoms with Gasteiger partial charge in [0, 0.05) is 18.8 Å². The van der Waals surface area contributed by atoms with Crippen molar-refractivity contribution in [2.75, 3.05) is 5.32 Å². The minimum atomic E-state index is -1.05. The van der Waals surface area contributed by atoms with Crippen LogP contribution in [-0.4, -0.2) is 20.9 Å². The van der Waals surface area contributed by atoms with Gasteiger partial charge in [0.25, 0.3) is 0 Å². The highest BCUT2D eigenvalue weighted by Crippen LogP contribution is 2.17. The Bertz CT molecular complexity index is 583. The van der Waals surface area contributed by atoms with Gasteiger partial charge in [0.1, 0.15) is 5.76 Å². The van der Waals surface area contributed by atoms with Crippen molar-refractivity contribution >= 4 is 11.7 Å². The molecular weight excluding hydrogens is 234 g/mol. The Labute approximate surface area is 104 Å². The summed E-state index contributed by atoms with van der Waals surface area (Å²) in [5, 5.41) is 16.2. The first-order valence-electron chi connectivity index (χ1n) is 5.54. The summed E-state index contributed by atoms with van der Waals surface area (Å²) in [7, 11) is 1.84. The quantitative estimate of drug-likeness (QED) is 0.865. The molecule has 0 fully saturated rings. The van der Waals surface area contributed by atoms with Gasteiger partial charge in [-0.3, -0.25) is 4.68 Å². The second kappa shape index (κ2) is 4.56. The van der Waals surface area contributed by atoms with Crippen molar-refractivity contribution in [2.24, 2.45) is 7.05 Å². The smallest absolute Gasteiger partial charge is 0.372 e. The van der Waals surface area contributed by atoms with Crippen LogP contribution >= 0.6 is 0 Å². The summed E-state index contributed by atoms with van der Waals surface area (Å²) in [6, 6.07) is 1.72. The number of furan rings is 1. The Hall–Kier alpha value is -2.24. The molecule has 2 aromatic rings. The summed E-state index contributed by atoms with van der Waals surface area (Å²) in [6.07, 6.45) is 1.86. The van der Waals surface area contributed by atoms with E-state index in [9.17, 15) is 4.79 Å². The maximum Gasteiger partial charge on any atom is 0.372 e. The molecule has 18 heavy (non-hydrogen) atoms. The van der Waals surface area contributed by atoms with Gasteiger partial charge in [-0.25, -0.2) is 4.79 Å². The molecule has 6 nitrogen and oxygen atoms in total. The largest absolute Gasteiger partial charge is 0.475 e. The molecule has 0 saturated carbocycles. The summed E-state index contributed by atoms with van der Waals surface area (Å²) in [4.78, 5) is 10.8. The standard InChI is InChI=1S/C12H15N3O3/c1-7-4-9(18-11(7)12(16)17)5-13-10-6-15(3)14-8(10)2/h4,6,13H,5H2,1-3H3,(H,16,17). The van der Waals surface area contributed by atoms with Gasteiger partial charge in [-0.05, 0) is 19.9 Å². The number of hydrogen-bond donors (Lipinski definition) is 2. The molecule has 0 aliphatic rings. The minimum absolute atomic E-state index is 0.00490. The monoisotopic (exact) mass is 249 g/mol. The van der Waals surface area contributed by atoms with E-state index in [1.165, 1.54) is 0 Å². The number of aromatic nitrogens is 2. The molecule has 96 valence electrons.